The summed E-state index contributed by atoms with van der Waals surface area (Å²) in [5, 5.41) is 31.0. The average Bonchev–Trinajstić information content (AvgIpc) is 3.66. The number of carbonyl (C=O) groups is 5. The highest BCUT2D eigenvalue weighted by Gasteiger charge is 2.38. The van der Waals surface area contributed by atoms with Gasteiger partial charge in [-0.2, -0.15) is 0 Å². The Kier molecular flexibility index (Phi) is 12.3. The second kappa shape index (κ2) is 16.5. The van der Waals surface area contributed by atoms with Gasteiger partial charge >= 0.3 is 17.7 Å². The molecule has 0 spiro atoms. The van der Waals surface area contributed by atoms with Gasteiger partial charge in [-0.05, 0) is 32.4 Å². The number of aromatic nitrogens is 3. The Bertz CT molecular complexity index is 1870. The van der Waals surface area contributed by atoms with Crippen molar-refractivity contribution in [2.45, 2.75) is 82.3 Å². The number of nitrogens with one attached hydrogen (secondary N) is 6. The molecule has 19 nitrogen and oxygen atoms in total. The maximum absolute atomic E-state index is 13.5. The van der Waals surface area contributed by atoms with E-state index < -0.39 is 89.6 Å². The number of H-pyrrole nitrogens is 2. The van der Waals surface area contributed by atoms with Gasteiger partial charge < -0.3 is 51.8 Å². The zero-order valence-electron chi connectivity index (χ0n) is 28.4. The van der Waals surface area contributed by atoms with E-state index in [4.69, 9.17) is 10.5 Å². The molecule has 3 heterocycles. The number of likely N-dealkylation sites (N-methyl/N-ethyl adjacent to an activating group) is 1. The van der Waals surface area contributed by atoms with Crippen molar-refractivity contribution in [1.29, 1.82) is 0 Å². The predicted octanol–water partition coefficient (Wildman–Crippen LogP) is -2.15. The number of carboxylic acids is 1. The third-order valence-corrected chi connectivity index (χ3v) is 8.65. The number of nitrogens with zero attached hydrogens (tertiary/aromatic N) is 2. The van der Waals surface area contributed by atoms with Gasteiger partial charge in [0.25, 0.3) is 5.56 Å². The Morgan fingerprint density at radius 3 is 2.43 bits per heavy atom. The normalized spacial score (nSPS) is 20.0. The molecule has 1 saturated heterocycles. The van der Waals surface area contributed by atoms with Crippen LogP contribution in [0.5, 0.6) is 0 Å². The van der Waals surface area contributed by atoms with Crippen LogP contribution in [0.1, 0.15) is 39.0 Å². The van der Waals surface area contributed by atoms with Gasteiger partial charge in [-0.25, -0.2) is 14.4 Å². The molecule has 0 aliphatic carbocycles. The monoisotopic (exact) mass is 713 g/mol. The van der Waals surface area contributed by atoms with Crippen molar-refractivity contribution in [3.8, 4) is 0 Å². The third-order valence-electron chi connectivity index (χ3n) is 8.65. The fraction of sp³-hybridized carbons (Fsp3) is 0.469. The summed E-state index contributed by atoms with van der Waals surface area (Å²) in [5.74, 6) is -3.39. The molecule has 1 aliphatic rings. The van der Waals surface area contributed by atoms with E-state index in [-0.39, 0.29) is 19.4 Å². The molecule has 1 aromatic carbocycles. The highest BCUT2D eigenvalue weighted by Crippen LogP contribution is 2.27. The van der Waals surface area contributed by atoms with Gasteiger partial charge in [-0.15, -0.1) is 0 Å². The summed E-state index contributed by atoms with van der Waals surface area (Å²) < 4.78 is 6.78. The summed E-state index contributed by atoms with van der Waals surface area (Å²) in [5.41, 5.74) is 5.80. The van der Waals surface area contributed by atoms with Crippen LogP contribution < -0.4 is 38.2 Å². The molecule has 0 saturated carbocycles. The number of para-hydroxylation sites is 1. The first-order valence-electron chi connectivity index (χ1n) is 16.2. The Hall–Kier alpha value is -5.53. The Morgan fingerprint density at radius 2 is 1.76 bits per heavy atom. The molecular formula is C32H43N9O10. The molecule has 276 valence electrons. The van der Waals surface area contributed by atoms with Crippen molar-refractivity contribution >= 4 is 40.6 Å². The quantitative estimate of drug-likeness (QED) is 0.0868. The summed E-state index contributed by atoms with van der Waals surface area (Å²) >= 11 is 0. The van der Waals surface area contributed by atoms with Crippen molar-refractivity contribution in [3.63, 3.8) is 0 Å². The number of amides is 5. The fourth-order valence-corrected chi connectivity index (χ4v) is 5.68. The lowest BCUT2D eigenvalue weighted by molar-refractivity contribution is -0.139. The fourth-order valence-electron chi connectivity index (χ4n) is 5.68. The molecule has 1 unspecified atom stereocenters. The number of ether oxygens (including phenoxy) is 1. The molecule has 1 aliphatic heterocycles. The first-order chi connectivity index (χ1) is 24.1. The van der Waals surface area contributed by atoms with E-state index in [1.54, 1.807) is 12.3 Å². The van der Waals surface area contributed by atoms with Crippen LogP contribution in [0.2, 0.25) is 0 Å². The van der Waals surface area contributed by atoms with Crippen molar-refractivity contribution in [1.82, 2.24) is 40.7 Å². The van der Waals surface area contributed by atoms with Gasteiger partial charge in [0.15, 0.2) is 6.23 Å². The SMILES string of the molecule is C[C@H](N)C(=O)N(C)[C@@H](C)C(NC(=O)[C@H](C)NC(=O)N[C@@H](Cc1c[nH]c2ccccc12)C(=O)O)C(=O)NC[C@H]1C[C@@H](O)[C@H](n2ccc(=O)[nH]c2=O)O1. The van der Waals surface area contributed by atoms with Crippen LogP contribution in [-0.2, 0) is 30.3 Å². The van der Waals surface area contributed by atoms with E-state index in [2.05, 4.69) is 31.2 Å². The zero-order chi connectivity index (χ0) is 37.6. The van der Waals surface area contributed by atoms with Crippen molar-refractivity contribution < 1.29 is 38.9 Å². The Balaban J connectivity index is 1.40. The van der Waals surface area contributed by atoms with Crippen LogP contribution in [0.4, 0.5) is 4.79 Å². The highest BCUT2D eigenvalue weighted by molar-refractivity contribution is 5.93. The van der Waals surface area contributed by atoms with Gasteiger partial charge in [0, 0.05) is 55.8 Å². The van der Waals surface area contributed by atoms with Crippen LogP contribution in [0.15, 0.2) is 52.3 Å². The van der Waals surface area contributed by atoms with Crippen LogP contribution in [0.25, 0.3) is 10.9 Å². The number of aliphatic hydroxyl groups is 1. The van der Waals surface area contributed by atoms with Crippen LogP contribution in [0, 0.1) is 0 Å². The van der Waals surface area contributed by atoms with E-state index in [0.29, 0.717) is 5.56 Å². The molecule has 2 aromatic heterocycles. The summed E-state index contributed by atoms with van der Waals surface area (Å²) in [6.45, 7) is 4.12. The van der Waals surface area contributed by atoms with Gasteiger partial charge in [0.2, 0.25) is 17.7 Å². The largest absolute Gasteiger partial charge is 0.480 e. The number of aliphatic carboxylic acids is 1. The average molecular weight is 714 g/mol. The molecule has 51 heavy (non-hydrogen) atoms. The lowest BCUT2D eigenvalue weighted by Crippen LogP contribution is -2.62. The molecule has 10 N–H and O–H groups in total. The number of hydrogen-bond donors (Lipinski definition) is 9. The molecule has 0 bridgehead atoms. The van der Waals surface area contributed by atoms with Gasteiger partial charge in [0.05, 0.1) is 18.2 Å². The standard InChI is InChI=1S/C32H43N9O10/c1-15(33)28(46)40(4)17(3)25(27(45)35-14-19-12-23(42)29(51-19)41-10-9-24(43)38-32(41)50)39-26(44)16(2)36-31(49)37-22(30(47)48)11-18-13-34-21-8-6-5-7-20(18)21/h5-10,13,15-17,19,22-23,25,29,34,42H,11-12,14,33H2,1-4H3,(H,35,45)(H,39,44)(H,47,48)(H2,36,37,49)(H,38,43,50)/t15-,16-,17-,19+,22-,23+,25?,29+/m0/s1. The smallest absolute Gasteiger partial charge is 0.330 e. The van der Waals surface area contributed by atoms with Crippen LogP contribution in [0.3, 0.4) is 0 Å². The first kappa shape index (κ1) is 38.3. The lowest BCUT2D eigenvalue weighted by atomic mass is 10.1. The Labute approximate surface area is 290 Å². The summed E-state index contributed by atoms with van der Waals surface area (Å²) in [7, 11) is 1.40. The second-order valence-corrected chi connectivity index (χ2v) is 12.5. The van der Waals surface area contributed by atoms with Crippen molar-refractivity contribution in [3.05, 3.63) is 69.1 Å². The van der Waals surface area contributed by atoms with Gasteiger partial charge in [0.1, 0.15) is 24.2 Å². The minimum atomic E-state index is -1.38. The van der Waals surface area contributed by atoms with Crippen LogP contribution >= 0.6 is 0 Å². The summed E-state index contributed by atoms with van der Waals surface area (Å²) in [6, 6.07) is 1.56. The molecule has 5 amide bonds. The molecule has 1 fully saturated rings. The molecule has 4 rings (SSSR count). The number of rotatable bonds is 14. The van der Waals surface area contributed by atoms with E-state index in [1.165, 1.54) is 38.9 Å². The number of urea groups is 1. The van der Waals surface area contributed by atoms with E-state index >= 15 is 0 Å². The third kappa shape index (κ3) is 9.38. The maximum Gasteiger partial charge on any atom is 0.330 e. The van der Waals surface area contributed by atoms with E-state index in [0.717, 1.165) is 21.5 Å². The number of aromatic amines is 2. The summed E-state index contributed by atoms with van der Waals surface area (Å²) in [6.07, 6.45) is -0.267. The van der Waals surface area contributed by atoms with Crippen LogP contribution in [-0.4, -0.2) is 115 Å². The first-order valence-corrected chi connectivity index (χ1v) is 16.2. The number of carboxylic acid groups (broad SMARTS) is 1. The zero-order valence-corrected chi connectivity index (χ0v) is 28.4. The van der Waals surface area contributed by atoms with E-state index in [9.17, 15) is 43.8 Å². The highest BCUT2D eigenvalue weighted by atomic mass is 16.5. The number of fused-ring (bicyclic) bond motifs is 1. The number of hydrogen-bond acceptors (Lipinski definition) is 10. The minimum absolute atomic E-state index is 0.0138. The number of nitrogens with two attached hydrogens (primary N) is 1. The molecule has 0 radical (unpaired) electrons. The molecule has 8 atom stereocenters. The number of benzene rings is 1. The van der Waals surface area contributed by atoms with E-state index in [1.807, 2.05) is 18.2 Å². The maximum atomic E-state index is 13.5. The van der Waals surface area contributed by atoms with Crippen molar-refractivity contribution in [2.24, 2.45) is 5.73 Å². The Morgan fingerprint density at radius 1 is 1.06 bits per heavy atom. The predicted molar refractivity (Wildman–Crippen MR) is 181 cm³/mol. The molecular weight excluding hydrogens is 670 g/mol. The minimum Gasteiger partial charge on any atom is -0.480 e. The van der Waals surface area contributed by atoms with Gasteiger partial charge in [-0.3, -0.25) is 28.7 Å². The topological polar surface area (TPSA) is 283 Å². The summed E-state index contributed by atoms with van der Waals surface area (Å²) in [4.78, 5) is 94.3. The number of aliphatic hydroxyl groups excluding tert-OH is 1. The van der Waals surface area contributed by atoms with Crippen molar-refractivity contribution in [2.75, 3.05) is 13.6 Å². The second-order valence-electron chi connectivity index (χ2n) is 12.5. The molecule has 3 aromatic rings. The van der Waals surface area contributed by atoms with Gasteiger partial charge in [-0.1, -0.05) is 18.2 Å². The number of carbonyl (C=O) groups excluding carboxylic acids is 4. The lowest BCUT2D eigenvalue weighted by Gasteiger charge is -2.33. The molecule has 19 heteroatoms.